The molecule has 1 aliphatic rings. The molecule has 2 unspecified atom stereocenters. The Balaban J connectivity index is 2.68. The summed E-state index contributed by atoms with van der Waals surface area (Å²) in [6, 6.07) is 0. The second-order valence-corrected chi connectivity index (χ2v) is 3.24. The van der Waals surface area contributed by atoms with Gasteiger partial charge in [-0.3, -0.25) is 0 Å². The van der Waals surface area contributed by atoms with Gasteiger partial charge in [-0.1, -0.05) is 24.3 Å². The van der Waals surface area contributed by atoms with Crippen molar-refractivity contribution in [2.45, 2.75) is 32.5 Å². The first-order valence-corrected chi connectivity index (χ1v) is 4.84. The van der Waals surface area contributed by atoms with E-state index in [9.17, 15) is 0 Å². The molecule has 0 aromatic heterocycles. The second kappa shape index (κ2) is 4.58. The molecule has 13 heavy (non-hydrogen) atoms. The van der Waals surface area contributed by atoms with E-state index in [4.69, 9.17) is 9.47 Å². The lowest BCUT2D eigenvalue weighted by Gasteiger charge is -2.34. The molecule has 0 aromatic carbocycles. The van der Waals surface area contributed by atoms with Crippen molar-refractivity contribution in [1.29, 1.82) is 0 Å². The van der Waals surface area contributed by atoms with Crippen LogP contribution in [0.5, 0.6) is 0 Å². The minimum atomic E-state index is -0.292. The molecular weight excluding hydrogens is 164 g/mol. The highest BCUT2D eigenvalue weighted by molar-refractivity contribution is 5.22. The molecule has 0 fully saturated rings. The maximum atomic E-state index is 5.67. The molecule has 0 heterocycles. The maximum Gasteiger partial charge on any atom is 0.113 e. The largest absolute Gasteiger partial charge is 0.371 e. The van der Waals surface area contributed by atoms with E-state index in [2.05, 4.69) is 13.0 Å². The van der Waals surface area contributed by atoms with Crippen molar-refractivity contribution in [3.8, 4) is 0 Å². The molecule has 1 aliphatic carbocycles. The van der Waals surface area contributed by atoms with Crippen LogP contribution in [0.15, 0.2) is 24.3 Å². The summed E-state index contributed by atoms with van der Waals surface area (Å²) in [7, 11) is 0. The first kappa shape index (κ1) is 10.5. The summed E-state index contributed by atoms with van der Waals surface area (Å²) in [5, 5.41) is 0. The average molecular weight is 182 g/mol. The second-order valence-electron chi connectivity index (χ2n) is 3.24. The molecule has 74 valence electrons. The van der Waals surface area contributed by atoms with E-state index in [1.54, 1.807) is 0 Å². The molecule has 2 atom stereocenters. The van der Waals surface area contributed by atoms with Crippen LogP contribution in [-0.4, -0.2) is 24.9 Å². The molecule has 0 radical (unpaired) electrons. The summed E-state index contributed by atoms with van der Waals surface area (Å²) in [5.41, 5.74) is -0.292. The number of allylic oxidation sites excluding steroid dienone is 2. The number of ether oxygens (including phenoxy) is 2. The molecule has 1 rings (SSSR count). The first-order valence-electron chi connectivity index (χ1n) is 4.84. The van der Waals surface area contributed by atoms with Gasteiger partial charge in [0.05, 0.1) is 0 Å². The third-order valence-electron chi connectivity index (χ3n) is 2.19. The van der Waals surface area contributed by atoms with Crippen LogP contribution in [0.2, 0.25) is 0 Å². The lowest BCUT2D eigenvalue weighted by atomic mass is 9.94. The van der Waals surface area contributed by atoms with Gasteiger partial charge in [-0.25, -0.2) is 0 Å². The minimum Gasteiger partial charge on any atom is -0.371 e. The van der Waals surface area contributed by atoms with Gasteiger partial charge in [0.25, 0.3) is 0 Å². The normalized spacial score (nSPS) is 32.4. The molecular formula is C11H18O2. The van der Waals surface area contributed by atoms with E-state index in [1.807, 2.05) is 32.1 Å². The van der Waals surface area contributed by atoms with Crippen LogP contribution < -0.4 is 0 Å². The monoisotopic (exact) mass is 182 g/mol. The van der Waals surface area contributed by atoms with Gasteiger partial charge in [0.15, 0.2) is 0 Å². The predicted molar refractivity (Wildman–Crippen MR) is 53.7 cm³/mol. The van der Waals surface area contributed by atoms with Gasteiger partial charge in [-0.15, -0.1) is 0 Å². The van der Waals surface area contributed by atoms with E-state index in [0.29, 0.717) is 13.2 Å². The highest BCUT2D eigenvalue weighted by Crippen LogP contribution is 2.24. The highest BCUT2D eigenvalue weighted by Gasteiger charge is 2.32. The molecule has 0 N–H and O–H groups in total. The quantitative estimate of drug-likeness (QED) is 0.664. The Morgan fingerprint density at radius 3 is 2.62 bits per heavy atom. The van der Waals surface area contributed by atoms with Crippen molar-refractivity contribution in [2.75, 3.05) is 13.2 Å². The highest BCUT2D eigenvalue weighted by atomic mass is 16.5. The molecule has 2 nitrogen and oxygen atoms in total. The summed E-state index contributed by atoms with van der Waals surface area (Å²) in [4.78, 5) is 0. The van der Waals surface area contributed by atoms with Crippen molar-refractivity contribution >= 4 is 0 Å². The number of hydrogen-bond donors (Lipinski definition) is 0. The molecule has 0 saturated carbocycles. The van der Waals surface area contributed by atoms with E-state index in [0.717, 1.165) is 0 Å². The van der Waals surface area contributed by atoms with Gasteiger partial charge in [0.1, 0.15) is 11.7 Å². The Labute approximate surface area is 80.2 Å². The first-order chi connectivity index (χ1) is 6.23. The molecule has 0 aromatic rings. The number of rotatable bonds is 4. The van der Waals surface area contributed by atoms with Crippen LogP contribution in [0.3, 0.4) is 0 Å². The van der Waals surface area contributed by atoms with E-state index in [1.165, 1.54) is 0 Å². The third kappa shape index (κ3) is 2.42. The van der Waals surface area contributed by atoms with Gasteiger partial charge in [0, 0.05) is 13.2 Å². The molecule has 2 heteroatoms. The van der Waals surface area contributed by atoms with Gasteiger partial charge in [0.2, 0.25) is 0 Å². The zero-order valence-electron chi connectivity index (χ0n) is 8.62. The average Bonchev–Trinajstić information content (AvgIpc) is 2.10. The van der Waals surface area contributed by atoms with Gasteiger partial charge in [-0.05, 0) is 20.8 Å². The van der Waals surface area contributed by atoms with Crippen LogP contribution in [0, 0.1) is 0 Å². The third-order valence-corrected chi connectivity index (χ3v) is 2.19. The minimum absolute atomic E-state index is 0.0439. The topological polar surface area (TPSA) is 18.5 Å². The fourth-order valence-corrected chi connectivity index (χ4v) is 1.54. The molecule has 0 amide bonds. The van der Waals surface area contributed by atoms with E-state index in [-0.39, 0.29) is 11.7 Å². The molecule has 0 spiro atoms. The summed E-state index contributed by atoms with van der Waals surface area (Å²) in [6.45, 7) is 7.47. The standard InChI is InChI=1S/C11H18O2/c1-4-12-10-8-6-7-9-11(10,3)13-5-2/h6-10H,4-5H2,1-3H3. The number of hydrogen-bond acceptors (Lipinski definition) is 2. The van der Waals surface area contributed by atoms with E-state index < -0.39 is 0 Å². The van der Waals surface area contributed by atoms with Crippen molar-refractivity contribution in [3.63, 3.8) is 0 Å². The van der Waals surface area contributed by atoms with Gasteiger partial charge >= 0.3 is 0 Å². The lowest BCUT2D eigenvalue weighted by molar-refractivity contribution is -0.0844. The van der Waals surface area contributed by atoms with Crippen LogP contribution in [0.1, 0.15) is 20.8 Å². The Bertz CT molecular complexity index is 208. The predicted octanol–water partition coefficient (Wildman–Crippen LogP) is 2.31. The summed E-state index contributed by atoms with van der Waals surface area (Å²) < 4.78 is 11.3. The van der Waals surface area contributed by atoms with Crippen molar-refractivity contribution in [1.82, 2.24) is 0 Å². The smallest absolute Gasteiger partial charge is 0.113 e. The molecule has 0 saturated heterocycles. The Morgan fingerprint density at radius 1 is 1.23 bits per heavy atom. The van der Waals surface area contributed by atoms with E-state index >= 15 is 0 Å². The Morgan fingerprint density at radius 2 is 2.00 bits per heavy atom. The van der Waals surface area contributed by atoms with Gasteiger partial charge in [-0.2, -0.15) is 0 Å². The van der Waals surface area contributed by atoms with Crippen molar-refractivity contribution < 1.29 is 9.47 Å². The Hall–Kier alpha value is -0.600. The summed E-state index contributed by atoms with van der Waals surface area (Å²) in [5.74, 6) is 0. The van der Waals surface area contributed by atoms with Crippen LogP contribution >= 0.6 is 0 Å². The molecule has 0 bridgehead atoms. The zero-order valence-corrected chi connectivity index (χ0v) is 8.62. The summed E-state index contributed by atoms with van der Waals surface area (Å²) >= 11 is 0. The van der Waals surface area contributed by atoms with Crippen LogP contribution in [0.25, 0.3) is 0 Å². The van der Waals surface area contributed by atoms with Crippen LogP contribution in [-0.2, 0) is 9.47 Å². The van der Waals surface area contributed by atoms with Crippen molar-refractivity contribution in [3.05, 3.63) is 24.3 Å². The lowest BCUT2D eigenvalue weighted by Crippen LogP contribution is -2.42. The Kier molecular flexibility index (Phi) is 3.70. The molecule has 0 aliphatic heterocycles. The van der Waals surface area contributed by atoms with Crippen LogP contribution in [0.4, 0.5) is 0 Å². The van der Waals surface area contributed by atoms with Crippen molar-refractivity contribution in [2.24, 2.45) is 0 Å². The summed E-state index contributed by atoms with van der Waals surface area (Å²) in [6.07, 6.45) is 8.14. The SMILES string of the molecule is CCOC1C=CC=CC1(C)OCC. The fourth-order valence-electron chi connectivity index (χ4n) is 1.54. The zero-order chi connectivity index (χ0) is 9.73. The van der Waals surface area contributed by atoms with Gasteiger partial charge < -0.3 is 9.47 Å². The maximum absolute atomic E-state index is 5.67. The fraction of sp³-hybridized carbons (Fsp3) is 0.636.